The number of carbonyl (C=O) groups excluding carboxylic acids is 2. The van der Waals surface area contributed by atoms with Gasteiger partial charge in [0.05, 0.1) is 0 Å². The van der Waals surface area contributed by atoms with Gasteiger partial charge in [-0.05, 0) is 56.0 Å². The Hall–Kier alpha value is -3.15. The Morgan fingerprint density at radius 2 is 1.62 bits per heavy atom. The van der Waals surface area contributed by atoms with Crippen molar-refractivity contribution in [3.8, 4) is 0 Å². The summed E-state index contributed by atoms with van der Waals surface area (Å²) in [6.07, 6.45) is 2.59. The molecule has 0 aromatic heterocycles. The van der Waals surface area contributed by atoms with Crippen LogP contribution in [0.3, 0.4) is 0 Å². The lowest BCUT2D eigenvalue weighted by Crippen LogP contribution is -2.38. The van der Waals surface area contributed by atoms with E-state index in [-0.39, 0.29) is 5.91 Å². The van der Waals surface area contributed by atoms with Crippen LogP contribution in [0.25, 0.3) is 0 Å². The summed E-state index contributed by atoms with van der Waals surface area (Å²) in [5.41, 5.74) is 1.66. The van der Waals surface area contributed by atoms with Gasteiger partial charge < -0.3 is 15.7 Å². The van der Waals surface area contributed by atoms with E-state index in [0.717, 1.165) is 19.3 Å². The van der Waals surface area contributed by atoms with Gasteiger partial charge in [-0.1, -0.05) is 44.2 Å². The van der Waals surface area contributed by atoms with Crippen LogP contribution in [0.2, 0.25) is 0 Å². The van der Waals surface area contributed by atoms with E-state index in [2.05, 4.69) is 22.8 Å². The molecule has 1 atom stereocenters. The summed E-state index contributed by atoms with van der Waals surface area (Å²) in [6, 6.07) is 15.6. The number of carboxylic acid groups (broad SMARTS) is 1. The molecule has 154 valence electrons. The number of anilines is 1. The molecule has 6 nitrogen and oxygen atoms in total. The van der Waals surface area contributed by atoms with Gasteiger partial charge in [-0.3, -0.25) is 14.4 Å². The molecule has 2 rings (SSSR count). The van der Waals surface area contributed by atoms with Crippen molar-refractivity contribution < 1.29 is 19.5 Å². The maximum absolute atomic E-state index is 12.7. The van der Waals surface area contributed by atoms with E-state index < -0.39 is 23.3 Å². The third-order valence-electron chi connectivity index (χ3n) is 4.85. The number of benzene rings is 2. The van der Waals surface area contributed by atoms with Crippen molar-refractivity contribution in [2.45, 2.75) is 46.1 Å². The van der Waals surface area contributed by atoms with Crippen LogP contribution < -0.4 is 10.6 Å². The van der Waals surface area contributed by atoms with E-state index in [1.165, 1.54) is 12.5 Å². The van der Waals surface area contributed by atoms with Crippen LogP contribution in [0.15, 0.2) is 54.6 Å². The normalized spacial score (nSPS) is 12.1. The minimum Gasteiger partial charge on any atom is -0.480 e. The molecule has 0 heterocycles. The van der Waals surface area contributed by atoms with Crippen LogP contribution in [0.4, 0.5) is 5.69 Å². The number of rotatable bonds is 9. The zero-order chi connectivity index (χ0) is 21.4. The van der Waals surface area contributed by atoms with E-state index in [4.69, 9.17) is 5.11 Å². The van der Waals surface area contributed by atoms with E-state index in [9.17, 15) is 14.4 Å². The molecule has 2 amide bonds. The SMILES string of the molecule is CC(NC(=O)c1ccc(NC(=O)C(C)(C)CCCc2ccccc2)cc1)C(=O)O. The zero-order valence-corrected chi connectivity index (χ0v) is 17.1. The molecule has 0 saturated heterocycles. The summed E-state index contributed by atoms with van der Waals surface area (Å²) in [5, 5.41) is 14.1. The monoisotopic (exact) mass is 396 g/mol. The van der Waals surface area contributed by atoms with Gasteiger partial charge in [0.1, 0.15) is 6.04 Å². The van der Waals surface area contributed by atoms with Gasteiger partial charge in [0.25, 0.3) is 5.91 Å². The molecule has 6 heteroatoms. The number of aliphatic carboxylic acids is 1. The van der Waals surface area contributed by atoms with Crippen molar-refractivity contribution in [2.24, 2.45) is 5.41 Å². The quantitative estimate of drug-likeness (QED) is 0.599. The van der Waals surface area contributed by atoms with Gasteiger partial charge in [-0.15, -0.1) is 0 Å². The van der Waals surface area contributed by atoms with Gasteiger partial charge in [0.2, 0.25) is 5.91 Å². The molecule has 3 N–H and O–H groups in total. The summed E-state index contributed by atoms with van der Waals surface area (Å²) in [6.45, 7) is 5.24. The highest BCUT2D eigenvalue weighted by Crippen LogP contribution is 2.26. The molecular weight excluding hydrogens is 368 g/mol. The lowest BCUT2D eigenvalue weighted by Gasteiger charge is -2.23. The Bertz CT molecular complexity index is 845. The number of aryl methyl sites for hydroxylation is 1. The lowest BCUT2D eigenvalue weighted by molar-refractivity contribution is -0.138. The van der Waals surface area contributed by atoms with E-state index in [0.29, 0.717) is 11.3 Å². The molecule has 1 unspecified atom stereocenters. The first kappa shape index (κ1) is 22.1. The third-order valence-corrected chi connectivity index (χ3v) is 4.85. The van der Waals surface area contributed by atoms with Crippen molar-refractivity contribution in [2.75, 3.05) is 5.32 Å². The minimum absolute atomic E-state index is 0.0812. The Morgan fingerprint density at radius 3 is 2.21 bits per heavy atom. The van der Waals surface area contributed by atoms with E-state index in [1.807, 2.05) is 32.0 Å². The average Bonchev–Trinajstić information content (AvgIpc) is 2.69. The van der Waals surface area contributed by atoms with E-state index in [1.54, 1.807) is 24.3 Å². The fraction of sp³-hybridized carbons (Fsp3) is 0.348. The van der Waals surface area contributed by atoms with Gasteiger partial charge in [0, 0.05) is 16.7 Å². The average molecular weight is 396 g/mol. The first-order chi connectivity index (χ1) is 13.7. The molecule has 0 aliphatic carbocycles. The Morgan fingerprint density at radius 1 is 1.00 bits per heavy atom. The zero-order valence-electron chi connectivity index (χ0n) is 17.1. The van der Waals surface area contributed by atoms with Gasteiger partial charge in [-0.2, -0.15) is 0 Å². The maximum Gasteiger partial charge on any atom is 0.325 e. The highest BCUT2D eigenvalue weighted by molar-refractivity contribution is 5.98. The van der Waals surface area contributed by atoms with Crippen LogP contribution in [-0.4, -0.2) is 28.9 Å². The number of nitrogens with one attached hydrogen (secondary N) is 2. The van der Waals surface area contributed by atoms with Crippen LogP contribution in [0.5, 0.6) is 0 Å². The molecule has 0 saturated carbocycles. The fourth-order valence-electron chi connectivity index (χ4n) is 2.84. The summed E-state index contributed by atoms with van der Waals surface area (Å²) in [5.74, 6) is -1.65. The molecule has 0 aliphatic rings. The molecular formula is C23H28N2O4. The fourth-order valence-corrected chi connectivity index (χ4v) is 2.84. The molecule has 29 heavy (non-hydrogen) atoms. The van der Waals surface area contributed by atoms with Crippen LogP contribution in [0, 0.1) is 5.41 Å². The summed E-state index contributed by atoms with van der Waals surface area (Å²) in [4.78, 5) is 35.5. The predicted octanol–water partition coefficient (Wildman–Crippen LogP) is 3.88. The van der Waals surface area contributed by atoms with Crippen LogP contribution >= 0.6 is 0 Å². The largest absolute Gasteiger partial charge is 0.480 e. The minimum atomic E-state index is -1.10. The molecule has 0 aliphatic heterocycles. The second-order valence-corrected chi connectivity index (χ2v) is 7.79. The highest BCUT2D eigenvalue weighted by Gasteiger charge is 2.27. The molecule has 0 spiro atoms. The second-order valence-electron chi connectivity index (χ2n) is 7.79. The first-order valence-electron chi connectivity index (χ1n) is 9.68. The third kappa shape index (κ3) is 6.75. The molecule has 2 aromatic rings. The highest BCUT2D eigenvalue weighted by atomic mass is 16.4. The van der Waals surface area contributed by atoms with Gasteiger partial charge >= 0.3 is 5.97 Å². The Balaban J connectivity index is 1.88. The standard InChI is InChI=1S/C23H28N2O4/c1-16(21(27)28)24-20(26)18-11-13-19(14-12-18)25-22(29)23(2,3)15-7-10-17-8-5-4-6-9-17/h4-6,8-9,11-14,16H,7,10,15H2,1-3H3,(H,24,26)(H,25,29)(H,27,28). The molecule has 0 fully saturated rings. The number of hydrogen-bond donors (Lipinski definition) is 3. The Labute approximate surface area is 171 Å². The maximum atomic E-state index is 12.7. The molecule has 0 bridgehead atoms. The second kappa shape index (κ2) is 9.87. The number of carbonyl (C=O) groups is 3. The molecule has 2 aromatic carbocycles. The van der Waals surface area contributed by atoms with Gasteiger partial charge in [-0.25, -0.2) is 0 Å². The van der Waals surface area contributed by atoms with Crippen LogP contribution in [-0.2, 0) is 16.0 Å². The predicted molar refractivity (Wildman–Crippen MR) is 113 cm³/mol. The van der Waals surface area contributed by atoms with Crippen LogP contribution in [0.1, 0.15) is 49.5 Å². The molecule has 0 radical (unpaired) electrons. The summed E-state index contributed by atoms with van der Waals surface area (Å²) < 4.78 is 0. The van der Waals surface area contributed by atoms with Gasteiger partial charge in [0.15, 0.2) is 0 Å². The number of amides is 2. The number of hydrogen-bond acceptors (Lipinski definition) is 3. The van der Waals surface area contributed by atoms with E-state index >= 15 is 0 Å². The van der Waals surface area contributed by atoms with Crippen molar-refractivity contribution in [3.63, 3.8) is 0 Å². The lowest BCUT2D eigenvalue weighted by atomic mass is 9.85. The first-order valence-corrected chi connectivity index (χ1v) is 9.68. The van der Waals surface area contributed by atoms with Crippen molar-refractivity contribution >= 4 is 23.5 Å². The van der Waals surface area contributed by atoms with Crippen molar-refractivity contribution in [3.05, 3.63) is 65.7 Å². The van der Waals surface area contributed by atoms with Crippen molar-refractivity contribution in [1.29, 1.82) is 0 Å². The Kier molecular flexibility index (Phi) is 7.53. The number of carboxylic acids is 1. The topological polar surface area (TPSA) is 95.5 Å². The summed E-state index contributed by atoms with van der Waals surface area (Å²) in [7, 11) is 0. The smallest absolute Gasteiger partial charge is 0.325 e. The van der Waals surface area contributed by atoms with Crippen molar-refractivity contribution in [1.82, 2.24) is 5.32 Å². The summed E-state index contributed by atoms with van der Waals surface area (Å²) >= 11 is 0.